The first kappa shape index (κ1) is 21.6. The van der Waals surface area contributed by atoms with Crippen LogP contribution in [0.2, 0.25) is 51.9 Å². The van der Waals surface area contributed by atoms with Gasteiger partial charge >= 0.3 is 8.56 Å². The van der Waals surface area contributed by atoms with Crippen molar-refractivity contribution in [1.82, 2.24) is 0 Å². The molecule has 128 valence electrons. The smallest absolute Gasteiger partial charge is 0.311 e. The Balaban J connectivity index is 3.97. The van der Waals surface area contributed by atoms with E-state index in [4.69, 9.17) is 8.23 Å². The topological polar surface area (TPSA) is 18.5 Å². The summed E-state index contributed by atoms with van der Waals surface area (Å²) in [5.74, 6) is 0. The van der Waals surface area contributed by atoms with Gasteiger partial charge in [-0.2, -0.15) is 0 Å². The predicted octanol–water partition coefficient (Wildman–Crippen LogP) is 6.51. The van der Waals surface area contributed by atoms with E-state index in [1.807, 2.05) is 0 Å². The number of unbranched alkanes of at least 4 members (excludes halogenated alkanes) is 6. The first-order chi connectivity index (χ1) is 9.47. The Labute approximate surface area is 137 Å². The zero-order chi connectivity index (χ0) is 16.6. The lowest BCUT2D eigenvalue weighted by molar-refractivity contribution is 0.390. The monoisotopic (exact) mass is 348 g/mol. The molecular weight excluding hydrogens is 308 g/mol. The zero-order valence-corrected chi connectivity index (χ0v) is 19.0. The van der Waals surface area contributed by atoms with E-state index in [9.17, 15) is 0 Å². The van der Waals surface area contributed by atoms with Crippen LogP contribution in [0.25, 0.3) is 0 Å². The second-order valence-electron chi connectivity index (χ2n) is 8.35. The van der Waals surface area contributed by atoms with Crippen molar-refractivity contribution in [3.8, 4) is 0 Å². The van der Waals surface area contributed by atoms with E-state index in [1.54, 1.807) is 0 Å². The van der Waals surface area contributed by atoms with Crippen molar-refractivity contribution in [1.29, 1.82) is 0 Å². The molecular formula is C16H40O2Si3. The maximum atomic E-state index is 6.54. The van der Waals surface area contributed by atoms with E-state index in [1.165, 1.54) is 51.0 Å². The molecule has 0 saturated heterocycles. The molecule has 0 aromatic heterocycles. The van der Waals surface area contributed by atoms with Crippen LogP contribution >= 0.6 is 0 Å². The van der Waals surface area contributed by atoms with Crippen LogP contribution in [0.1, 0.15) is 51.9 Å². The van der Waals surface area contributed by atoms with Gasteiger partial charge in [0.15, 0.2) is 16.6 Å². The van der Waals surface area contributed by atoms with Crippen LogP contribution in [-0.4, -0.2) is 25.2 Å². The minimum Gasteiger partial charge on any atom is -0.437 e. The van der Waals surface area contributed by atoms with E-state index in [2.05, 4.69) is 52.8 Å². The van der Waals surface area contributed by atoms with Crippen molar-refractivity contribution >= 4 is 25.2 Å². The van der Waals surface area contributed by atoms with Crippen molar-refractivity contribution in [3.63, 3.8) is 0 Å². The molecule has 0 aliphatic rings. The maximum absolute atomic E-state index is 6.54. The Morgan fingerprint density at radius 2 is 1.10 bits per heavy atom. The standard InChI is InChI=1S/C16H40O2Si3/c1-9-10-11-12-13-14-15-16-20(5,6)18-21(7,8)17-19(2,3)4/h9-16H2,1-8H3. The van der Waals surface area contributed by atoms with Crippen molar-refractivity contribution in [3.05, 3.63) is 0 Å². The SMILES string of the molecule is CCCCCCCCC[Si](C)(C)O[Si](C)(C)O[Si](C)(C)C. The van der Waals surface area contributed by atoms with Crippen molar-refractivity contribution in [2.75, 3.05) is 0 Å². The maximum Gasteiger partial charge on any atom is 0.311 e. The van der Waals surface area contributed by atoms with Gasteiger partial charge in [0.1, 0.15) is 0 Å². The predicted molar refractivity (Wildman–Crippen MR) is 103 cm³/mol. The molecule has 0 bridgehead atoms. The van der Waals surface area contributed by atoms with Crippen LogP contribution in [-0.2, 0) is 8.23 Å². The van der Waals surface area contributed by atoms with E-state index in [0.717, 1.165) is 0 Å². The lowest BCUT2D eigenvalue weighted by Crippen LogP contribution is -2.51. The van der Waals surface area contributed by atoms with Crippen LogP contribution in [0, 0.1) is 0 Å². The second kappa shape index (κ2) is 9.65. The summed E-state index contributed by atoms with van der Waals surface area (Å²) in [6.45, 7) is 18.2. The molecule has 0 fully saturated rings. The molecule has 0 unspecified atom stereocenters. The van der Waals surface area contributed by atoms with E-state index < -0.39 is 25.2 Å². The summed E-state index contributed by atoms with van der Waals surface area (Å²) in [7, 11) is -4.98. The Morgan fingerprint density at radius 1 is 0.619 bits per heavy atom. The summed E-state index contributed by atoms with van der Waals surface area (Å²) >= 11 is 0. The molecule has 0 saturated carbocycles. The molecule has 2 nitrogen and oxygen atoms in total. The third kappa shape index (κ3) is 13.9. The third-order valence-corrected chi connectivity index (χ3v) is 13.6. The van der Waals surface area contributed by atoms with E-state index in [0.29, 0.717) is 0 Å². The first-order valence-electron chi connectivity index (χ1n) is 8.88. The Bertz CT molecular complexity index is 273. The average molecular weight is 349 g/mol. The van der Waals surface area contributed by atoms with Crippen LogP contribution < -0.4 is 0 Å². The fourth-order valence-corrected chi connectivity index (χ4v) is 16.3. The Morgan fingerprint density at radius 3 is 1.57 bits per heavy atom. The fourth-order valence-electron chi connectivity index (χ4n) is 2.98. The zero-order valence-electron chi connectivity index (χ0n) is 16.0. The lowest BCUT2D eigenvalue weighted by Gasteiger charge is -2.37. The molecule has 0 rings (SSSR count). The highest BCUT2D eigenvalue weighted by atomic mass is 28.5. The van der Waals surface area contributed by atoms with Crippen LogP contribution in [0.4, 0.5) is 0 Å². The van der Waals surface area contributed by atoms with Gasteiger partial charge in [-0.1, -0.05) is 51.9 Å². The molecule has 0 atom stereocenters. The molecule has 0 N–H and O–H groups in total. The first-order valence-corrected chi connectivity index (χ1v) is 18.2. The molecule has 0 radical (unpaired) electrons. The van der Waals surface area contributed by atoms with Gasteiger partial charge in [-0.05, 0) is 51.9 Å². The molecule has 0 aliphatic heterocycles. The third-order valence-electron chi connectivity index (χ3n) is 3.46. The molecule has 0 aromatic rings. The Kier molecular flexibility index (Phi) is 9.91. The summed E-state index contributed by atoms with van der Waals surface area (Å²) in [4.78, 5) is 0. The van der Waals surface area contributed by atoms with Crippen LogP contribution in [0.3, 0.4) is 0 Å². The average Bonchev–Trinajstić information content (AvgIpc) is 2.22. The van der Waals surface area contributed by atoms with Crippen LogP contribution in [0.5, 0.6) is 0 Å². The van der Waals surface area contributed by atoms with Gasteiger partial charge in [0.05, 0.1) is 0 Å². The molecule has 0 aliphatic carbocycles. The number of rotatable bonds is 12. The number of hydrogen-bond acceptors (Lipinski definition) is 2. The summed E-state index contributed by atoms with van der Waals surface area (Å²) < 4.78 is 12.9. The van der Waals surface area contributed by atoms with E-state index >= 15 is 0 Å². The normalized spacial score (nSPS) is 13.7. The second-order valence-corrected chi connectivity index (χ2v) is 21.0. The summed E-state index contributed by atoms with van der Waals surface area (Å²) in [5.41, 5.74) is 0. The van der Waals surface area contributed by atoms with Gasteiger partial charge in [-0.25, -0.2) is 0 Å². The highest BCUT2D eigenvalue weighted by Gasteiger charge is 2.37. The van der Waals surface area contributed by atoms with Crippen molar-refractivity contribution < 1.29 is 8.23 Å². The van der Waals surface area contributed by atoms with Gasteiger partial charge < -0.3 is 8.23 Å². The molecule has 21 heavy (non-hydrogen) atoms. The molecule has 0 aromatic carbocycles. The van der Waals surface area contributed by atoms with Gasteiger partial charge in [0.25, 0.3) is 0 Å². The Hall–Kier alpha value is 0.571. The lowest BCUT2D eigenvalue weighted by atomic mass is 10.1. The summed E-state index contributed by atoms with van der Waals surface area (Å²) in [6.07, 6.45) is 9.68. The van der Waals surface area contributed by atoms with Gasteiger partial charge in [0.2, 0.25) is 0 Å². The van der Waals surface area contributed by atoms with E-state index in [-0.39, 0.29) is 0 Å². The quantitative estimate of drug-likeness (QED) is 0.295. The fraction of sp³-hybridized carbons (Fsp3) is 1.00. The minimum atomic E-state index is -1.94. The van der Waals surface area contributed by atoms with Gasteiger partial charge in [-0.15, -0.1) is 0 Å². The molecule has 0 heterocycles. The number of hydrogen-bond donors (Lipinski definition) is 0. The van der Waals surface area contributed by atoms with Crippen molar-refractivity contribution in [2.45, 2.75) is 104 Å². The summed E-state index contributed by atoms with van der Waals surface area (Å²) in [5, 5.41) is 0. The largest absolute Gasteiger partial charge is 0.437 e. The molecule has 5 heteroatoms. The van der Waals surface area contributed by atoms with Crippen molar-refractivity contribution in [2.24, 2.45) is 0 Å². The van der Waals surface area contributed by atoms with Crippen LogP contribution in [0.15, 0.2) is 0 Å². The summed E-state index contributed by atoms with van der Waals surface area (Å²) in [6, 6.07) is 1.28. The van der Waals surface area contributed by atoms with Gasteiger partial charge in [-0.3, -0.25) is 0 Å². The molecule has 0 amide bonds. The van der Waals surface area contributed by atoms with Gasteiger partial charge in [0, 0.05) is 0 Å². The molecule has 0 spiro atoms. The minimum absolute atomic E-state index is 1.28. The highest BCUT2D eigenvalue weighted by molar-refractivity contribution is 6.87. The highest BCUT2D eigenvalue weighted by Crippen LogP contribution is 2.24.